The van der Waals surface area contributed by atoms with E-state index in [1.165, 1.54) is 0 Å². The lowest BCUT2D eigenvalue weighted by Crippen LogP contribution is -2.35. The summed E-state index contributed by atoms with van der Waals surface area (Å²) in [6.45, 7) is 1.74. The first-order valence-corrected chi connectivity index (χ1v) is 8.37. The highest BCUT2D eigenvalue weighted by Gasteiger charge is 2.42. The van der Waals surface area contributed by atoms with E-state index in [0.29, 0.717) is 26.1 Å². The third-order valence-electron chi connectivity index (χ3n) is 4.82. The van der Waals surface area contributed by atoms with Gasteiger partial charge in [-0.05, 0) is 30.9 Å². The summed E-state index contributed by atoms with van der Waals surface area (Å²) in [6.07, 6.45) is -2.46. The number of benzene rings is 1. The number of rotatable bonds is 4. The van der Waals surface area contributed by atoms with Gasteiger partial charge in [0.1, 0.15) is 0 Å². The maximum atomic E-state index is 13.0. The van der Waals surface area contributed by atoms with Gasteiger partial charge in [-0.25, -0.2) is 4.79 Å². The standard InChI is InChI=1S/C17H22F3N3O/c18-17(19,20)13-5-3-6-14(10-13)22-15-7-2-1-4-12(15)11-23-9-8-21-16(23)24/h1-2,4,7,13-14,22H,3,5-6,8-11H2,(H,21,24)/t13-,14-/m1/s1. The molecule has 3 rings (SSSR count). The number of alkyl halides is 3. The summed E-state index contributed by atoms with van der Waals surface area (Å²) in [7, 11) is 0. The molecule has 0 unspecified atom stereocenters. The van der Waals surface area contributed by atoms with Gasteiger partial charge in [-0.3, -0.25) is 0 Å². The molecule has 2 amide bonds. The molecule has 1 aromatic rings. The number of hydrogen-bond donors (Lipinski definition) is 2. The van der Waals surface area contributed by atoms with Crippen molar-refractivity contribution in [1.29, 1.82) is 0 Å². The predicted molar refractivity (Wildman–Crippen MR) is 85.7 cm³/mol. The van der Waals surface area contributed by atoms with E-state index in [2.05, 4.69) is 10.6 Å². The molecule has 4 nitrogen and oxygen atoms in total. The van der Waals surface area contributed by atoms with Crippen LogP contribution in [0, 0.1) is 5.92 Å². The average Bonchev–Trinajstić information content (AvgIpc) is 2.94. The monoisotopic (exact) mass is 341 g/mol. The van der Waals surface area contributed by atoms with E-state index >= 15 is 0 Å². The van der Waals surface area contributed by atoms with Gasteiger partial charge in [-0.1, -0.05) is 24.6 Å². The first-order valence-electron chi connectivity index (χ1n) is 8.37. The minimum absolute atomic E-state index is 0.0976. The van der Waals surface area contributed by atoms with Crippen LogP contribution >= 0.6 is 0 Å². The number of carbonyl (C=O) groups excluding carboxylic acids is 1. The highest BCUT2D eigenvalue weighted by molar-refractivity contribution is 5.76. The maximum absolute atomic E-state index is 13.0. The smallest absolute Gasteiger partial charge is 0.382 e. The number of carbonyl (C=O) groups is 1. The Balaban J connectivity index is 1.67. The highest BCUT2D eigenvalue weighted by atomic mass is 19.4. The Morgan fingerprint density at radius 1 is 1.25 bits per heavy atom. The SMILES string of the molecule is O=C1NCCN1Cc1ccccc1N[C@@H]1CCC[C@@H](C(F)(F)F)C1. The van der Waals surface area contributed by atoms with Crippen LogP contribution in [0.1, 0.15) is 31.2 Å². The van der Waals surface area contributed by atoms with Gasteiger partial charge in [0.25, 0.3) is 0 Å². The fourth-order valence-electron chi connectivity index (χ4n) is 3.50. The van der Waals surface area contributed by atoms with Crippen molar-refractivity contribution in [2.75, 3.05) is 18.4 Å². The lowest BCUT2D eigenvalue weighted by Gasteiger charge is -2.32. The van der Waals surface area contributed by atoms with Crippen molar-refractivity contribution >= 4 is 11.7 Å². The second-order valence-electron chi connectivity index (χ2n) is 6.56. The van der Waals surface area contributed by atoms with Gasteiger partial charge in [-0.15, -0.1) is 0 Å². The summed E-state index contributed by atoms with van der Waals surface area (Å²) in [5.74, 6) is -1.22. The van der Waals surface area contributed by atoms with Crippen LogP contribution in [0.5, 0.6) is 0 Å². The predicted octanol–water partition coefficient (Wildman–Crippen LogP) is 3.74. The number of halogens is 3. The van der Waals surface area contributed by atoms with Crippen molar-refractivity contribution in [2.45, 2.75) is 44.4 Å². The minimum Gasteiger partial charge on any atom is -0.382 e. The Morgan fingerprint density at radius 3 is 2.75 bits per heavy atom. The molecule has 24 heavy (non-hydrogen) atoms. The van der Waals surface area contributed by atoms with Crippen molar-refractivity contribution in [2.24, 2.45) is 5.92 Å². The lowest BCUT2D eigenvalue weighted by atomic mass is 9.85. The molecule has 1 saturated heterocycles. The summed E-state index contributed by atoms with van der Waals surface area (Å²) in [5, 5.41) is 6.04. The molecule has 1 aromatic carbocycles. The zero-order valence-corrected chi connectivity index (χ0v) is 13.4. The Kier molecular flexibility index (Phi) is 4.87. The van der Waals surface area contributed by atoms with Crippen LogP contribution in [0.2, 0.25) is 0 Å². The van der Waals surface area contributed by atoms with Crippen molar-refractivity contribution in [3.05, 3.63) is 29.8 Å². The molecule has 0 spiro atoms. The van der Waals surface area contributed by atoms with E-state index in [1.807, 2.05) is 24.3 Å². The summed E-state index contributed by atoms with van der Waals surface area (Å²) in [6, 6.07) is 7.25. The van der Waals surface area contributed by atoms with Crippen LogP contribution in [0.15, 0.2) is 24.3 Å². The van der Waals surface area contributed by atoms with Gasteiger partial charge in [-0.2, -0.15) is 13.2 Å². The summed E-state index contributed by atoms with van der Waals surface area (Å²) in [5.41, 5.74) is 1.76. The molecule has 0 radical (unpaired) electrons. The third kappa shape index (κ3) is 3.94. The van der Waals surface area contributed by atoms with Crippen LogP contribution in [-0.2, 0) is 6.54 Å². The van der Waals surface area contributed by atoms with Gasteiger partial charge in [0.05, 0.1) is 5.92 Å². The maximum Gasteiger partial charge on any atom is 0.391 e. The van der Waals surface area contributed by atoms with Gasteiger partial charge < -0.3 is 15.5 Å². The van der Waals surface area contributed by atoms with Gasteiger partial charge in [0.2, 0.25) is 0 Å². The fraction of sp³-hybridized carbons (Fsp3) is 0.588. The topological polar surface area (TPSA) is 44.4 Å². The molecule has 0 aromatic heterocycles. The largest absolute Gasteiger partial charge is 0.391 e. The van der Waals surface area contributed by atoms with E-state index in [4.69, 9.17) is 0 Å². The van der Waals surface area contributed by atoms with Crippen LogP contribution in [0.3, 0.4) is 0 Å². The number of hydrogen-bond acceptors (Lipinski definition) is 2. The molecule has 0 bridgehead atoms. The third-order valence-corrected chi connectivity index (χ3v) is 4.82. The first kappa shape index (κ1) is 16.9. The van der Waals surface area contributed by atoms with E-state index < -0.39 is 12.1 Å². The number of urea groups is 1. The van der Waals surface area contributed by atoms with Crippen molar-refractivity contribution in [3.63, 3.8) is 0 Å². The average molecular weight is 341 g/mol. The van der Waals surface area contributed by atoms with Crippen molar-refractivity contribution in [3.8, 4) is 0 Å². The van der Waals surface area contributed by atoms with E-state index in [1.54, 1.807) is 4.90 Å². The lowest BCUT2D eigenvalue weighted by molar-refractivity contribution is -0.182. The molecule has 132 valence electrons. The Hall–Kier alpha value is -1.92. The molecule has 1 aliphatic heterocycles. The quantitative estimate of drug-likeness (QED) is 0.876. The minimum atomic E-state index is -4.12. The molecule has 2 aliphatic rings. The van der Waals surface area contributed by atoms with Gasteiger partial charge >= 0.3 is 12.2 Å². The number of anilines is 1. The van der Waals surface area contributed by atoms with Crippen molar-refractivity contribution in [1.82, 2.24) is 10.2 Å². The summed E-state index contributed by atoms with van der Waals surface area (Å²) >= 11 is 0. The molecule has 2 fully saturated rings. The molecule has 1 saturated carbocycles. The Morgan fingerprint density at radius 2 is 2.04 bits per heavy atom. The number of nitrogens with one attached hydrogen (secondary N) is 2. The van der Waals surface area contributed by atoms with E-state index in [9.17, 15) is 18.0 Å². The molecule has 1 heterocycles. The molecule has 2 N–H and O–H groups in total. The Bertz CT molecular complexity index is 591. The molecule has 7 heteroatoms. The summed E-state index contributed by atoms with van der Waals surface area (Å²) < 4.78 is 38.9. The molecular weight excluding hydrogens is 319 g/mol. The fourth-order valence-corrected chi connectivity index (χ4v) is 3.50. The zero-order valence-electron chi connectivity index (χ0n) is 13.4. The van der Waals surface area contributed by atoms with Crippen LogP contribution in [-0.4, -0.2) is 36.2 Å². The Labute approximate surface area is 139 Å². The van der Waals surface area contributed by atoms with E-state index in [0.717, 1.165) is 17.7 Å². The number of para-hydroxylation sites is 1. The molecular formula is C17H22F3N3O. The molecule has 2 atom stereocenters. The second kappa shape index (κ2) is 6.91. The second-order valence-corrected chi connectivity index (χ2v) is 6.56. The van der Waals surface area contributed by atoms with Gasteiger partial charge in [0.15, 0.2) is 0 Å². The highest BCUT2D eigenvalue weighted by Crippen LogP contribution is 2.38. The van der Waals surface area contributed by atoms with Crippen LogP contribution in [0.25, 0.3) is 0 Å². The number of amides is 2. The zero-order chi connectivity index (χ0) is 17.2. The van der Waals surface area contributed by atoms with Crippen LogP contribution < -0.4 is 10.6 Å². The van der Waals surface area contributed by atoms with Gasteiger partial charge in [0, 0.05) is 31.4 Å². The molecule has 1 aliphatic carbocycles. The van der Waals surface area contributed by atoms with Crippen molar-refractivity contribution < 1.29 is 18.0 Å². The van der Waals surface area contributed by atoms with E-state index in [-0.39, 0.29) is 24.9 Å². The van der Waals surface area contributed by atoms with Crippen LogP contribution in [0.4, 0.5) is 23.7 Å². The number of nitrogens with zero attached hydrogens (tertiary/aromatic N) is 1. The summed E-state index contributed by atoms with van der Waals surface area (Å²) in [4.78, 5) is 13.4. The first-order chi connectivity index (χ1) is 11.4. The normalized spacial score (nSPS) is 24.8.